The van der Waals surface area contributed by atoms with Crippen LogP contribution in [-0.2, 0) is 4.79 Å². The Kier molecular flexibility index (Phi) is 6.72. The Bertz CT molecular complexity index is 972. The predicted molar refractivity (Wildman–Crippen MR) is 122 cm³/mol. The van der Waals surface area contributed by atoms with Crippen LogP contribution in [0.15, 0.2) is 46.3 Å². The summed E-state index contributed by atoms with van der Waals surface area (Å²) in [7, 11) is 4.69. The van der Waals surface area contributed by atoms with Gasteiger partial charge in [0.25, 0.3) is 5.91 Å². The number of amides is 1. The number of aliphatic imine (C=N–C) groups is 1. The maximum atomic E-state index is 13.1. The van der Waals surface area contributed by atoms with E-state index in [0.29, 0.717) is 27.3 Å². The molecule has 0 unspecified atom stereocenters. The van der Waals surface area contributed by atoms with E-state index in [4.69, 9.17) is 19.2 Å². The van der Waals surface area contributed by atoms with Gasteiger partial charge in [-0.3, -0.25) is 9.69 Å². The second-order valence-electron chi connectivity index (χ2n) is 7.07. The van der Waals surface area contributed by atoms with Crippen molar-refractivity contribution in [2.24, 2.45) is 4.99 Å². The number of methoxy groups -OCH3 is 3. The molecule has 3 rings (SSSR count). The molecule has 2 aromatic rings. The summed E-state index contributed by atoms with van der Waals surface area (Å²) in [6, 6.07) is 11.5. The Hall–Kier alpha value is -2.93. The van der Waals surface area contributed by atoms with Crippen LogP contribution in [0.4, 0.5) is 5.69 Å². The van der Waals surface area contributed by atoms with E-state index in [9.17, 15) is 4.79 Å². The highest BCUT2D eigenvalue weighted by Crippen LogP contribution is 2.41. The van der Waals surface area contributed by atoms with E-state index < -0.39 is 0 Å². The Labute approximate surface area is 181 Å². The summed E-state index contributed by atoms with van der Waals surface area (Å²) >= 11 is 1.36. The van der Waals surface area contributed by atoms with Crippen LogP contribution in [0.2, 0.25) is 0 Å². The van der Waals surface area contributed by atoms with Gasteiger partial charge in [-0.25, -0.2) is 4.99 Å². The van der Waals surface area contributed by atoms with Gasteiger partial charge < -0.3 is 14.2 Å². The van der Waals surface area contributed by atoms with Crippen molar-refractivity contribution in [1.82, 2.24) is 4.90 Å². The number of aryl methyl sites for hydroxylation is 1. The van der Waals surface area contributed by atoms with Crippen molar-refractivity contribution in [3.05, 3.63) is 52.4 Å². The van der Waals surface area contributed by atoms with E-state index in [-0.39, 0.29) is 11.9 Å². The molecule has 0 atom stereocenters. The van der Waals surface area contributed by atoms with Crippen molar-refractivity contribution in [2.75, 3.05) is 21.3 Å². The lowest BCUT2D eigenvalue weighted by Crippen LogP contribution is -2.35. The Balaban J connectivity index is 2.01. The number of amidine groups is 1. The van der Waals surface area contributed by atoms with Crippen LogP contribution < -0.4 is 14.2 Å². The number of thioether (sulfide) groups is 1. The summed E-state index contributed by atoms with van der Waals surface area (Å²) in [5, 5.41) is 0.664. The van der Waals surface area contributed by atoms with Crippen LogP contribution in [0.3, 0.4) is 0 Å². The smallest absolute Gasteiger partial charge is 0.266 e. The fourth-order valence-electron chi connectivity index (χ4n) is 3.09. The standard InChI is InChI=1S/C23H26N2O4S/c1-14(2)25-22(26)20(30-23(25)24-17-9-7-15(3)8-10-17)13-16-11-18(27-4)21(29-6)19(12-16)28-5/h7-14H,1-6H3/b20-13+,24-23?. The summed E-state index contributed by atoms with van der Waals surface area (Å²) in [5.41, 5.74) is 2.76. The first-order chi connectivity index (χ1) is 14.4. The van der Waals surface area contributed by atoms with Gasteiger partial charge in [-0.05, 0) is 68.4 Å². The first kappa shape index (κ1) is 21.8. The molecule has 0 radical (unpaired) electrons. The Morgan fingerprint density at radius 2 is 1.60 bits per heavy atom. The monoisotopic (exact) mass is 426 g/mol. The lowest BCUT2D eigenvalue weighted by Gasteiger charge is -2.19. The molecule has 30 heavy (non-hydrogen) atoms. The second-order valence-corrected chi connectivity index (χ2v) is 8.08. The third-order valence-electron chi connectivity index (χ3n) is 4.60. The lowest BCUT2D eigenvalue weighted by molar-refractivity contribution is -0.123. The zero-order valence-corrected chi connectivity index (χ0v) is 18.9. The van der Waals surface area contributed by atoms with E-state index in [0.717, 1.165) is 16.8 Å². The van der Waals surface area contributed by atoms with Gasteiger partial charge in [0.15, 0.2) is 16.7 Å². The van der Waals surface area contributed by atoms with Crippen molar-refractivity contribution in [1.29, 1.82) is 0 Å². The van der Waals surface area contributed by atoms with E-state index in [1.54, 1.807) is 26.2 Å². The van der Waals surface area contributed by atoms with Crippen LogP contribution in [0, 0.1) is 6.92 Å². The molecule has 1 saturated heterocycles. The molecule has 6 nitrogen and oxygen atoms in total. The third-order valence-corrected chi connectivity index (χ3v) is 5.58. The molecule has 158 valence electrons. The summed E-state index contributed by atoms with van der Waals surface area (Å²) in [6.45, 7) is 5.99. The predicted octanol–water partition coefficient (Wildman–Crippen LogP) is 5.03. The van der Waals surface area contributed by atoms with E-state index >= 15 is 0 Å². The molecule has 0 bridgehead atoms. The van der Waals surface area contributed by atoms with E-state index in [1.807, 2.05) is 63.2 Å². The van der Waals surface area contributed by atoms with Crippen LogP contribution in [0.25, 0.3) is 6.08 Å². The van der Waals surface area contributed by atoms with Gasteiger partial charge in [0.05, 0.1) is 31.9 Å². The van der Waals surface area contributed by atoms with Gasteiger partial charge in [0.1, 0.15) is 0 Å². The third kappa shape index (κ3) is 4.46. The first-order valence-electron chi connectivity index (χ1n) is 9.56. The zero-order valence-electron chi connectivity index (χ0n) is 18.1. The number of benzene rings is 2. The summed E-state index contributed by atoms with van der Waals surface area (Å²) in [5.74, 6) is 1.51. The Morgan fingerprint density at radius 1 is 1.00 bits per heavy atom. The average molecular weight is 427 g/mol. The van der Waals surface area contributed by atoms with Gasteiger partial charge in [0, 0.05) is 6.04 Å². The van der Waals surface area contributed by atoms with Crippen molar-refractivity contribution in [3.8, 4) is 17.2 Å². The molecule has 2 aromatic carbocycles. The highest BCUT2D eigenvalue weighted by Gasteiger charge is 2.35. The first-order valence-corrected chi connectivity index (χ1v) is 10.4. The van der Waals surface area contributed by atoms with E-state index in [2.05, 4.69) is 0 Å². The number of hydrogen-bond acceptors (Lipinski definition) is 6. The lowest BCUT2D eigenvalue weighted by atomic mass is 10.1. The normalized spacial score (nSPS) is 16.6. The quantitative estimate of drug-likeness (QED) is 0.606. The fourth-order valence-corrected chi connectivity index (χ4v) is 4.21. The molecule has 1 aliphatic rings. The minimum absolute atomic E-state index is 0.0139. The molecule has 0 saturated carbocycles. The number of hydrogen-bond donors (Lipinski definition) is 0. The molecule has 7 heteroatoms. The topological polar surface area (TPSA) is 60.4 Å². The van der Waals surface area contributed by atoms with Crippen LogP contribution in [-0.4, -0.2) is 43.3 Å². The summed E-state index contributed by atoms with van der Waals surface area (Å²) in [4.78, 5) is 20.1. The zero-order chi connectivity index (χ0) is 21.8. The number of rotatable bonds is 6. The minimum atomic E-state index is -0.0744. The van der Waals surface area contributed by atoms with Crippen molar-refractivity contribution >= 4 is 34.6 Å². The number of carbonyl (C=O) groups is 1. The molecule has 0 N–H and O–H groups in total. The largest absolute Gasteiger partial charge is 0.493 e. The Morgan fingerprint density at radius 3 is 2.10 bits per heavy atom. The van der Waals surface area contributed by atoms with Crippen molar-refractivity contribution < 1.29 is 19.0 Å². The summed E-state index contributed by atoms with van der Waals surface area (Å²) < 4.78 is 16.2. The minimum Gasteiger partial charge on any atom is -0.493 e. The average Bonchev–Trinajstić information content (AvgIpc) is 3.03. The maximum Gasteiger partial charge on any atom is 0.266 e. The van der Waals surface area contributed by atoms with Crippen LogP contribution in [0.1, 0.15) is 25.0 Å². The molecule has 1 aliphatic heterocycles. The fraction of sp³-hybridized carbons (Fsp3) is 0.304. The highest BCUT2D eigenvalue weighted by atomic mass is 32.2. The second kappa shape index (κ2) is 9.26. The van der Waals surface area contributed by atoms with Gasteiger partial charge in [-0.2, -0.15) is 0 Å². The molecular weight excluding hydrogens is 400 g/mol. The number of carbonyl (C=O) groups excluding carboxylic acids is 1. The van der Waals surface area contributed by atoms with Gasteiger partial charge in [-0.1, -0.05) is 17.7 Å². The molecule has 1 amide bonds. The molecule has 0 aliphatic carbocycles. The maximum absolute atomic E-state index is 13.1. The number of nitrogens with zero attached hydrogens (tertiary/aromatic N) is 2. The van der Waals surface area contributed by atoms with Crippen molar-refractivity contribution in [2.45, 2.75) is 26.8 Å². The van der Waals surface area contributed by atoms with Crippen LogP contribution in [0.5, 0.6) is 17.2 Å². The van der Waals surface area contributed by atoms with Crippen LogP contribution >= 0.6 is 11.8 Å². The molecule has 0 spiro atoms. The van der Waals surface area contributed by atoms with Crippen molar-refractivity contribution in [3.63, 3.8) is 0 Å². The van der Waals surface area contributed by atoms with E-state index in [1.165, 1.54) is 11.8 Å². The van der Waals surface area contributed by atoms with Gasteiger partial charge in [0.2, 0.25) is 5.75 Å². The van der Waals surface area contributed by atoms with Gasteiger partial charge >= 0.3 is 0 Å². The molecule has 1 fully saturated rings. The number of ether oxygens (including phenoxy) is 3. The highest BCUT2D eigenvalue weighted by molar-refractivity contribution is 8.18. The SMILES string of the molecule is COc1cc(/C=C2/SC(=Nc3ccc(C)cc3)N(C(C)C)C2=O)cc(OC)c1OC. The van der Waals surface area contributed by atoms with Gasteiger partial charge in [-0.15, -0.1) is 0 Å². The summed E-state index contributed by atoms with van der Waals surface area (Å²) in [6.07, 6.45) is 1.82. The molecule has 1 heterocycles. The molecule has 0 aromatic heterocycles. The molecular formula is C23H26N2O4S.